The molecule has 2 aliphatic rings. The van der Waals surface area contributed by atoms with Gasteiger partial charge in [0.25, 0.3) is 0 Å². The van der Waals surface area contributed by atoms with Crippen molar-refractivity contribution in [3.63, 3.8) is 0 Å². The Hall–Kier alpha value is -0.340. The Labute approximate surface area is 111 Å². The lowest BCUT2D eigenvalue weighted by Gasteiger charge is -2.58. The van der Waals surface area contributed by atoms with Gasteiger partial charge in [0.15, 0.2) is 0 Å². The van der Waals surface area contributed by atoms with E-state index in [1.807, 2.05) is 0 Å². The third-order valence-corrected chi connectivity index (χ3v) is 6.19. The first-order valence-corrected chi connectivity index (χ1v) is 7.40. The standard InChI is InChI=1S/C16H28O2/c1-12-7-8-16(3)13(11-18)5-4-6-14(16)15(12,2)9-10-17/h5,12,14,17-18H,4,6-11H2,1-3H3/t12-,14-,15+,16+/m1/s1. The molecule has 18 heavy (non-hydrogen) atoms. The second-order valence-electron chi connectivity index (χ2n) is 6.85. The maximum Gasteiger partial charge on any atom is 0.0647 e. The van der Waals surface area contributed by atoms with Crippen molar-refractivity contribution in [2.75, 3.05) is 13.2 Å². The molecular formula is C16H28O2. The van der Waals surface area contributed by atoms with Gasteiger partial charge in [0.05, 0.1) is 6.61 Å². The van der Waals surface area contributed by atoms with Crippen LogP contribution in [-0.2, 0) is 0 Å². The Morgan fingerprint density at radius 1 is 1.28 bits per heavy atom. The number of allylic oxidation sites excluding steroid dienone is 1. The first kappa shape index (κ1) is 14.1. The summed E-state index contributed by atoms with van der Waals surface area (Å²) in [4.78, 5) is 0. The van der Waals surface area contributed by atoms with Gasteiger partial charge in [0.2, 0.25) is 0 Å². The fraction of sp³-hybridized carbons (Fsp3) is 0.875. The van der Waals surface area contributed by atoms with Crippen LogP contribution in [0.4, 0.5) is 0 Å². The molecule has 0 aromatic carbocycles. The molecule has 2 aliphatic carbocycles. The summed E-state index contributed by atoms with van der Waals surface area (Å²) in [5, 5.41) is 19.1. The summed E-state index contributed by atoms with van der Waals surface area (Å²) in [6, 6.07) is 0. The van der Waals surface area contributed by atoms with Gasteiger partial charge in [-0.15, -0.1) is 0 Å². The molecule has 0 aromatic heterocycles. The summed E-state index contributed by atoms with van der Waals surface area (Å²) in [5.74, 6) is 1.27. The number of hydrogen-bond acceptors (Lipinski definition) is 2. The second kappa shape index (κ2) is 4.97. The number of aliphatic hydroxyl groups is 2. The third-order valence-electron chi connectivity index (χ3n) is 6.19. The molecule has 0 radical (unpaired) electrons. The van der Waals surface area contributed by atoms with E-state index in [0.717, 1.165) is 12.8 Å². The van der Waals surface area contributed by atoms with Crippen molar-refractivity contribution in [3.8, 4) is 0 Å². The van der Waals surface area contributed by atoms with Gasteiger partial charge in [-0.25, -0.2) is 0 Å². The van der Waals surface area contributed by atoms with Crippen LogP contribution in [0.25, 0.3) is 0 Å². The molecule has 0 heterocycles. The average Bonchev–Trinajstić information content (AvgIpc) is 2.35. The van der Waals surface area contributed by atoms with E-state index in [2.05, 4.69) is 26.8 Å². The van der Waals surface area contributed by atoms with Crippen LogP contribution in [0.3, 0.4) is 0 Å². The van der Waals surface area contributed by atoms with Crippen LogP contribution in [0.5, 0.6) is 0 Å². The highest BCUT2D eigenvalue weighted by molar-refractivity contribution is 5.22. The molecule has 2 heteroatoms. The molecule has 1 saturated carbocycles. The zero-order valence-corrected chi connectivity index (χ0v) is 12.1. The van der Waals surface area contributed by atoms with Gasteiger partial charge in [-0.05, 0) is 60.3 Å². The quantitative estimate of drug-likeness (QED) is 0.758. The summed E-state index contributed by atoms with van der Waals surface area (Å²) in [7, 11) is 0. The number of fused-ring (bicyclic) bond motifs is 1. The van der Waals surface area contributed by atoms with Crippen LogP contribution in [0.1, 0.15) is 52.9 Å². The lowest BCUT2D eigenvalue weighted by Crippen LogP contribution is -2.50. The van der Waals surface area contributed by atoms with Crippen molar-refractivity contribution in [1.82, 2.24) is 0 Å². The summed E-state index contributed by atoms with van der Waals surface area (Å²) >= 11 is 0. The van der Waals surface area contributed by atoms with Crippen molar-refractivity contribution in [2.45, 2.75) is 52.9 Å². The van der Waals surface area contributed by atoms with Gasteiger partial charge in [-0.3, -0.25) is 0 Å². The lowest BCUT2D eigenvalue weighted by atomic mass is 9.47. The summed E-state index contributed by atoms with van der Waals surface area (Å²) in [6.07, 6.45) is 7.84. The fourth-order valence-electron chi connectivity index (χ4n) is 4.69. The van der Waals surface area contributed by atoms with Gasteiger partial charge < -0.3 is 10.2 Å². The normalized spacial score (nSPS) is 44.4. The molecule has 1 fully saturated rings. The molecule has 2 rings (SSSR count). The molecule has 0 saturated heterocycles. The fourth-order valence-corrected chi connectivity index (χ4v) is 4.69. The van der Waals surface area contributed by atoms with Gasteiger partial charge in [-0.2, -0.15) is 0 Å². The van der Waals surface area contributed by atoms with Crippen molar-refractivity contribution in [1.29, 1.82) is 0 Å². The third kappa shape index (κ3) is 1.94. The second-order valence-corrected chi connectivity index (χ2v) is 6.85. The van der Waals surface area contributed by atoms with Crippen LogP contribution in [0, 0.1) is 22.7 Å². The molecule has 2 nitrogen and oxygen atoms in total. The largest absolute Gasteiger partial charge is 0.396 e. The molecule has 0 aliphatic heterocycles. The number of aliphatic hydroxyl groups excluding tert-OH is 2. The Kier molecular flexibility index (Phi) is 3.89. The maximum atomic E-state index is 9.64. The van der Waals surface area contributed by atoms with Crippen LogP contribution < -0.4 is 0 Å². The molecular weight excluding hydrogens is 224 g/mol. The van der Waals surface area contributed by atoms with Gasteiger partial charge in [0.1, 0.15) is 0 Å². The number of hydrogen-bond donors (Lipinski definition) is 2. The smallest absolute Gasteiger partial charge is 0.0647 e. The molecule has 2 N–H and O–H groups in total. The van der Waals surface area contributed by atoms with Crippen LogP contribution in [0.2, 0.25) is 0 Å². The predicted octanol–water partition coefficient (Wildman–Crippen LogP) is 3.14. The zero-order valence-electron chi connectivity index (χ0n) is 12.1. The van der Waals surface area contributed by atoms with E-state index >= 15 is 0 Å². The zero-order chi connectivity index (χ0) is 13.4. The Balaban J connectivity index is 2.37. The SMILES string of the molecule is C[C@@H]1CC[C@@]2(C)C(CO)=CCC[C@@H]2[C@@]1(C)CCO. The van der Waals surface area contributed by atoms with Crippen LogP contribution >= 0.6 is 0 Å². The van der Waals surface area contributed by atoms with Crippen molar-refractivity contribution >= 4 is 0 Å². The Morgan fingerprint density at radius 3 is 2.61 bits per heavy atom. The maximum absolute atomic E-state index is 9.64. The van der Waals surface area contributed by atoms with Crippen molar-refractivity contribution in [3.05, 3.63) is 11.6 Å². The van der Waals surface area contributed by atoms with E-state index in [-0.39, 0.29) is 24.0 Å². The molecule has 0 amide bonds. The van der Waals surface area contributed by atoms with Crippen LogP contribution in [-0.4, -0.2) is 23.4 Å². The minimum Gasteiger partial charge on any atom is -0.396 e. The summed E-state index contributed by atoms with van der Waals surface area (Å²) < 4.78 is 0. The Bertz CT molecular complexity index is 336. The van der Waals surface area contributed by atoms with E-state index in [1.54, 1.807) is 0 Å². The molecule has 4 atom stereocenters. The average molecular weight is 252 g/mol. The van der Waals surface area contributed by atoms with E-state index in [4.69, 9.17) is 0 Å². The highest BCUT2D eigenvalue weighted by Gasteiger charge is 2.53. The van der Waals surface area contributed by atoms with Crippen molar-refractivity contribution in [2.24, 2.45) is 22.7 Å². The lowest BCUT2D eigenvalue weighted by molar-refractivity contribution is -0.0585. The monoisotopic (exact) mass is 252 g/mol. The van der Waals surface area contributed by atoms with Gasteiger partial charge >= 0.3 is 0 Å². The molecule has 0 unspecified atom stereocenters. The first-order valence-electron chi connectivity index (χ1n) is 7.40. The summed E-state index contributed by atoms with van der Waals surface area (Å²) in [5.41, 5.74) is 1.62. The van der Waals surface area contributed by atoms with E-state index in [0.29, 0.717) is 11.8 Å². The Morgan fingerprint density at radius 2 is 2.00 bits per heavy atom. The molecule has 0 spiro atoms. The first-order chi connectivity index (χ1) is 8.49. The molecule has 0 aromatic rings. The topological polar surface area (TPSA) is 40.5 Å². The van der Waals surface area contributed by atoms with E-state index in [1.165, 1.54) is 24.8 Å². The molecule has 104 valence electrons. The molecule has 0 bridgehead atoms. The highest BCUT2D eigenvalue weighted by atomic mass is 16.3. The minimum absolute atomic E-state index is 0.156. The number of rotatable bonds is 3. The summed E-state index contributed by atoms with van der Waals surface area (Å²) in [6.45, 7) is 7.52. The highest BCUT2D eigenvalue weighted by Crippen LogP contribution is 2.61. The minimum atomic E-state index is 0.156. The van der Waals surface area contributed by atoms with E-state index < -0.39 is 0 Å². The van der Waals surface area contributed by atoms with Gasteiger partial charge in [0, 0.05) is 6.61 Å². The van der Waals surface area contributed by atoms with E-state index in [9.17, 15) is 10.2 Å². The van der Waals surface area contributed by atoms with Crippen LogP contribution in [0.15, 0.2) is 11.6 Å². The van der Waals surface area contributed by atoms with Gasteiger partial charge in [-0.1, -0.05) is 26.8 Å². The van der Waals surface area contributed by atoms with Crippen molar-refractivity contribution < 1.29 is 10.2 Å². The predicted molar refractivity (Wildman–Crippen MR) is 74.2 cm³/mol.